The van der Waals surface area contributed by atoms with Gasteiger partial charge in [-0.1, -0.05) is 13.8 Å². The fourth-order valence-electron chi connectivity index (χ4n) is 1.53. The molecule has 88 valence electrons. The number of amides is 1. The summed E-state index contributed by atoms with van der Waals surface area (Å²) in [5.74, 6) is 0.536. The highest BCUT2D eigenvalue weighted by Crippen LogP contribution is 2.18. The van der Waals surface area contributed by atoms with Crippen molar-refractivity contribution in [3.63, 3.8) is 0 Å². The van der Waals surface area contributed by atoms with E-state index in [1.54, 1.807) is 0 Å². The van der Waals surface area contributed by atoms with Crippen molar-refractivity contribution >= 4 is 5.91 Å². The standard InChI is InChI=1S/C11H22N2O2/c1-4-11(3,7-14)13-10(15)8(2)9-5-12-6-9/h8-9,12,14H,4-7H2,1-3H3,(H,13,15). The van der Waals surface area contributed by atoms with Gasteiger partial charge in [-0.25, -0.2) is 0 Å². The van der Waals surface area contributed by atoms with Crippen molar-refractivity contribution in [1.29, 1.82) is 0 Å². The number of aliphatic hydroxyl groups excluding tert-OH is 1. The van der Waals surface area contributed by atoms with Gasteiger partial charge in [0.2, 0.25) is 5.91 Å². The molecule has 0 aromatic rings. The van der Waals surface area contributed by atoms with Crippen LogP contribution in [0.2, 0.25) is 0 Å². The molecule has 4 nitrogen and oxygen atoms in total. The third-order valence-electron chi connectivity index (χ3n) is 3.49. The van der Waals surface area contributed by atoms with Gasteiger partial charge in [-0.3, -0.25) is 4.79 Å². The molecular formula is C11H22N2O2. The highest BCUT2D eigenvalue weighted by atomic mass is 16.3. The maximum absolute atomic E-state index is 11.9. The molecule has 0 bridgehead atoms. The van der Waals surface area contributed by atoms with Crippen LogP contribution in [0.1, 0.15) is 27.2 Å². The van der Waals surface area contributed by atoms with E-state index in [-0.39, 0.29) is 18.4 Å². The Balaban J connectivity index is 2.45. The molecule has 3 N–H and O–H groups in total. The molecule has 2 unspecified atom stereocenters. The smallest absolute Gasteiger partial charge is 0.223 e. The number of rotatable bonds is 5. The summed E-state index contributed by atoms with van der Waals surface area (Å²) in [4.78, 5) is 11.9. The first-order valence-corrected chi connectivity index (χ1v) is 5.66. The Labute approximate surface area is 91.4 Å². The van der Waals surface area contributed by atoms with Crippen LogP contribution in [0.4, 0.5) is 0 Å². The van der Waals surface area contributed by atoms with Gasteiger partial charge in [-0.15, -0.1) is 0 Å². The van der Waals surface area contributed by atoms with Crippen LogP contribution in [0.3, 0.4) is 0 Å². The third-order valence-corrected chi connectivity index (χ3v) is 3.49. The second-order valence-electron chi connectivity index (χ2n) is 4.77. The SMILES string of the molecule is CCC(C)(CO)NC(=O)C(C)C1CNC1. The maximum Gasteiger partial charge on any atom is 0.223 e. The lowest BCUT2D eigenvalue weighted by Gasteiger charge is -2.35. The molecule has 1 aliphatic rings. The van der Waals surface area contributed by atoms with E-state index in [2.05, 4.69) is 10.6 Å². The predicted molar refractivity (Wildman–Crippen MR) is 59.4 cm³/mol. The van der Waals surface area contributed by atoms with Crippen LogP contribution in [0.5, 0.6) is 0 Å². The van der Waals surface area contributed by atoms with Crippen LogP contribution < -0.4 is 10.6 Å². The van der Waals surface area contributed by atoms with E-state index in [9.17, 15) is 9.90 Å². The minimum Gasteiger partial charge on any atom is -0.394 e. The van der Waals surface area contributed by atoms with Gasteiger partial charge < -0.3 is 15.7 Å². The van der Waals surface area contributed by atoms with E-state index in [1.807, 2.05) is 20.8 Å². The van der Waals surface area contributed by atoms with E-state index in [0.29, 0.717) is 5.92 Å². The molecule has 15 heavy (non-hydrogen) atoms. The van der Waals surface area contributed by atoms with Crippen LogP contribution in [0, 0.1) is 11.8 Å². The minimum atomic E-state index is -0.470. The van der Waals surface area contributed by atoms with Crippen molar-refractivity contribution in [3.8, 4) is 0 Å². The predicted octanol–water partition coefficient (Wildman–Crippen LogP) is 0.119. The van der Waals surface area contributed by atoms with Crippen LogP contribution in [-0.2, 0) is 4.79 Å². The average Bonchev–Trinajstić information content (AvgIpc) is 2.14. The molecule has 1 heterocycles. The van der Waals surface area contributed by atoms with Gasteiger partial charge in [0, 0.05) is 5.92 Å². The zero-order valence-corrected chi connectivity index (χ0v) is 9.84. The second-order valence-corrected chi connectivity index (χ2v) is 4.77. The first-order chi connectivity index (χ1) is 7.02. The highest BCUT2D eigenvalue weighted by molar-refractivity contribution is 5.79. The van der Waals surface area contributed by atoms with E-state index in [1.165, 1.54) is 0 Å². The molecule has 0 spiro atoms. The van der Waals surface area contributed by atoms with E-state index >= 15 is 0 Å². The normalized spacial score (nSPS) is 22.7. The second kappa shape index (κ2) is 4.94. The van der Waals surface area contributed by atoms with Crippen LogP contribution in [0.25, 0.3) is 0 Å². The van der Waals surface area contributed by atoms with E-state index < -0.39 is 5.54 Å². The summed E-state index contributed by atoms with van der Waals surface area (Å²) >= 11 is 0. The molecule has 0 aromatic heterocycles. The zero-order chi connectivity index (χ0) is 11.5. The molecule has 0 aromatic carbocycles. The van der Waals surface area contributed by atoms with Crippen LogP contribution in [0.15, 0.2) is 0 Å². The van der Waals surface area contributed by atoms with Crippen molar-refractivity contribution in [2.24, 2.45) is 11.8 Å². The van der Waals surface area contributed by atoms with Gasteiger partial charge >= 0.3 is 0 Å². The zero-order valence-electron chi connectivity index (χ0n) is 9.84. The summed E-state index contributed by atoms with van der Waals surface area (Å²) in [5, 5.41) is 15.3. The monoisotopic (exact) mass is 214 g/mol. The Hall–Kier alpha value is -0.610. The third kappa shape index (κ3) is 2.92. The summed E-state index contributed by atoms with van der Waals surface area (Å²) in [6.45, 7) is 7.63. The fourth-order valence-corrected chi connectivity index (χ4v) is 1.53. The van der Waals surface area contributed by atoms with Crippen molar-refractivity contribution in [1.82, 2.24) is 10.6 Å². The van der Waals surface area contributed by atoms with Crippen LogP contribution in [-0.4, -0.2) is 36.2 Å². The van der Waals surface area contributed by atoms with E-state index in [0.717, 1.165) is 19.5 Å². The fraction of sp³-hybridized carbons (Fsp3) is 0.909. The van der Waals surface area contributed by atoms with Gasteiger partial charge in [0.15, 0.2) is 0 Å². The van der Waals surface area contributed by atoms with Gasteiger partial charge in [0.25, 0.3) is 0 Å². The number of aliphatic hydroxyl groups is 1. The molecular weight excluding hydrogens is 192 g/mol. The molecule has 1 fully saturated rings. The number of carbonyl (C=O) groups excluding carboxylic acids is 1. The van der Waals surface area contributed by atoms with Gasteiger partial charge in [0.05, 0.1) is 12.1 Å². The van der Waals surface area contributed by atoms with Gasteiger partial charge in [-0.2, -0.15) is 0 Å². The van der Waals surface area contributed by atoms with Gasteiger partial charge in [0.1, 0.15) is 0 Å². The van der Waals surface area contributed by atoms with Gasteiger partial charge in [-0.05, 0) is 32.4 Å². The molecule has 1 rings (SSSR count). The highest BCUT2D eigenvalue weighted by Gasteiger charge is 2.32. The summed E-state index contributed by atoms with van der Waals surface area (Å²) in [6.07, 6.45) is 0.741. The average molecular weight is 214 g/mol. The summed E-state index contributed by atoms with van der Waals surface area (Å²) in [6, 6.07) is 0. The first kappa shape index (κ1) is 12.5. The lowest BCUT2D eigenvalue weighted by Crippen LogP contribution is -2.55. The number of nitrogens with one attached hydrogen (secondary N) is 2. The minimum absolute atomic E-state index is 0.00905. The van der Waals surface area contributed by atoms with Crippen molar-refractivity contribution < 1.29 is 9.90 Å². The summed E-state index contributed by atoms with van der Waals surface area (Å²) < 4.78 is 0. The molecule has 2 atom stereocenters. The molecule has 4 heteroatoms. The Morgan fingerprint density at radius 3 is 2.60 bits per heavy atom. The summed E-state index contributed by atoms with van der Waals surface area (Å²) in [7, 11) is 0. The Kier molecular flexibility index (Phi) is 4.11. The first-order valence-electron chi connectivity index (χ1n) is 5.66. The quantitative estimate of drug-likeness (QED) is 0.609. The lowest BCUT2D eigenvalue weighted by molar-refractivity contribution is -0.129. The Morgan fingerprint density at radius 2 is 2.27 bits per heavy atom. The number of hydrogen-bond donors (Lipinski definition) is 3. The maximum atomic E-state index is 11.9. The lowest BCUT2D eigenvalue weighted by atomic mass is 9.87. The topological polar surface area (TPSA) is 61.4 Å². The van der Waals surface area contributed by atoms with Crippen molar-refractivity contribution in [3.05, 3.63) is 0 Å². The molecule has 0 aliphatic carbocycles. The molecule has 1 amide bonds. The van der Waals surface area contributed by atoms with Crippen LogP contribution >= 0.6 is 0 Å². The molecule has 0 saturated carbocycles. The Morgan fingerprint density at radius 1 is 1.67 bits per heavy atom. The molecule has 1 saturated heterocycles. The molecule has 0 radical (unpaired) electrons. The summed E-state index contributed by atoms with van der Waals surface area (Å²) in [5.41, 5.74) is -0.470. The largest absolute Gasteiger partial charge is 0.394 e. The number of hydrogen-bond acceptors (Lipinski definition) is 3. The van der Waals surface area contributed by atoms with Crippen molar-refractivity contribution in [2.75, 3.05) is 19.7 Å². The Bertz CT molecular complexity index is 223. The number of carbonyl (C=O) groups is 1. The van der Waals surface area contributed by atoms with Crippen molar-refractivity contribution in [2.45, 2.75) is 32.7 Å². The van der Waals surface area contributed by atoms with E-state index in [4.69, 9.17) is 0 Å². The molecule has 1 aliphatic heterocycles.